The van der Waals surface area contributed by atoms with Crippen molar-refractivity contribution in [3.05, 3.63) is 0 Å². The Labute approximate surface area is 120 Å². The summed E-state index contributed by atoms with van der Waals surface area (Å²) in [5.41, 5.74) is -1.05. The van der Waals surface area contributed by atoms with Crippen LogP contribution in [0.15, 0.2) is 0 Å². The number of sulfone groups is 1. The van der Waals surface area contributed by atoms with Crippen molar-refractivity contribution >= 4 is 21.7 Å². The molecule has 1 aliphatic heterocycles. The molecule has 1 unspecified atom stereocenters. The van der Waals surface area contributed by atoms with E-state index < -0.39 is 21.2 Å². The molecule has 1 fully saturated rings. The van der Waals surface area contributed by atoms with Crippen molar-refractivity contribution < 1.29 is 23.1 Å². The summed E-state index contributed by atoms with van der Waals surface area (Å²) in [6, 6.07) is -0.326. The molecule has 0 radical (unpaired) electrons. The number of carbonyl (C=O) groups excluding carboxylic acids is 1. The van der Waals surface area contributed by atoms with Crippen LogP contribution < -0.4 is 0 Å². The topological polar surface area (TPSA) is 91.8 Å². The molecule has 1 atom stereocenters. The Kier molecular flexibility index (Phi) is 5.18. The summed E-state index contributed by atoms with van der Waals surface area (Å²) in [7, 11) is -1.49. The molecule has 1 saturated heterocycles. The van der Waals surface area contributed by atoms with E-state index in [4.69, 9.17) is 0 Å². The molecule has 1 heterocycles. The van der Waals surface area contributed by atoms with Gasteiger partial charge in [0.25, 0.3) is 0 Å². The Morgan fingerprint density at radius 1 is 1.30 bits per heavy atom. The lowest BCUT2D eigenvalue weighted by molar-refractivity contribution is -0.154. The van der Waals surface area contributed by atoms with Crippen LogP contribution in [0.2, 0.25) is 0 Å². The van der Waals surface area contributed by atoms with Crippen LogP contribution in [0.5, 0.6) is 0 Å². The maximum Gasteiger partial charge on any atom is 0.310 e. The molecule has 0 spiro atoms. The van der Waals surface area contributed by atoms with Gasteiger partial charge < -0.3 is 10.0 Å². The number of hydrogen-bond acceptors (Lipinski definition) is 4. The first-order valence-corrected chi connectivity index (χ1v) is 8.69. The molecule has 7 heteroatoms. The van der Waals surface area contributed by atoms with Crippen LogP contribution in [-0.2, 0) is 19.4 Å². The quantitative estimate of drug-likeness (QED) is 0.787. The van der Waals surface area contributed by atoms with Crippen molar-refractivity contribution in [3.63, 3.8) is 0 Å². The Hall–Kier alpha value is -1.11. The summed E-state index contributed by atoms with van der Waals surface area (Å²) in [6.45, 7) is 3.51. The summed E-state index contributed by atoms with van der Waals surface area (Å²) in [4.78, 5) is 25.1. The van der Waals surface area contributed by atoms with E-state index in [1.54, 1.807) is 20.9 Å². The van der Waals surface area contributed by atoms with Gasteiger partial charge in [-0.1, -0.05) is 13.8 Å². The van der Waals surface area contributed by atoms with Crippen LogP contribution in [-0.4, -0.2) is 54.9 Å². The monoisotopic (exact) mass is 305 g/mol. The first-order chi connectivity index (χ1) is 9.17. The van der Waals surface area contributed by atoms with Crippen molar-refractivity contribution in [2.75, 3.05) is 18.6 Å². The molecular weight excluding hydrogens is 282 g/mol. The fraction of sp³-hybridized carbons (Fsp3) is 0.846. The predicted octanol–water partition coefficient (Wildman–Crippen LogP) is 0.913. The van der Waals surface area contributed by atoms with Crippen molar-refractivity contribution in [1.82, 2.24) is 4.90 Å². The normalized spacial score (nSPS) is 21.6. The number of hydrogen-bond donors (Lipinski definition) is 1. The second-order valence-electron chi connectivity index (χ2n) is 5.53. The minimum atomic E-state index is -3.06. The Bertz CT molecular complexity index is 481. The van der Waals surface area contributed by atoms with Gasteiger partial charge in [0.05, 0.1) is 16.9 Å². The number of amides is 1. The number of carbonyl (C=O) groups is 2. The van der Waals surface area contributed by atoms with E-state index in [9.17, 15) is 23.1 Å². The van der Waals surface area contributed by atoms with Gasteiger partial charge in [-0.25, -0.2) is 8.42 Å². The summed E-state index contributed by atoms with van der Waals surface area (Å²) in [6.07, 6.45) is 1.11. The molecule has 1 aliphatic rings. The van der Waals surface area contributed by atoms with Crippen LogP contribution in [0.4, 0.5) is 0 Å². The summed E-state index contributed by atoms with van der Waals surface area (Å²) in [5.74, 6) is -1.18. The number of nitrogens with zero attached hydrogens (tertiary/aromatic N) is 1. The van der Waals surface area contributed by atoms with Crippen molar-refractivity contribution in [3.8, 4) is 0 Å². The molecule has 20 heavy (non-hydrogen) atoms. The van der Waals surface area contributed by atoms with E-state index in [2.05, 4.69) is 0 Å². The minimum absolute atomic E-state index is 0.0203. The lowest BCUT2D eigenvalue weighted by atomic mass is 9.79. The average molecular weight is 305 g/mol. The second-order valence-corrected chi connectivity index (χ2v) is 7.76. The van der Waals surface area contributed by atoms with E-state index in [0.717, 1.165) is 0 Å². The molecule has 6 nitrogen and oxygen atoms in total. The fourth-order valence-corrected chi connectivity index (χ4v) is 4.35. The first-order valence-electron chi connectivity index (χ1n) is 6.87. The van der Waals surface area contributed by atoms with Gasteiger partial charge in [0.15, 0.2) is 9.84 Å². The first kappa shape index (κ1) is 16.9. The van der Waals surface area contributed by atoms with Crippen molar-refractivity contribution in [1.29, 1.82) is 0 Å². The maximum atomic E-state index is 12.2. The maximum absolute atomic E-state index is 12.2. The number of carboxylic acid groups (broad SMARTS) is 1. The molecule has 1 rings (SSSR count). The van der Waals surface area contributed by atoms with E-state index in [-0.39, 0.29) is 29.9 Å². The van der Waals surface area contributed by atoms with Gasteiger partial charge in [-0.05, 0) is 19.3 Å². The van der Waals surface area contributed by atoms with Crippen LogP contribution >= 0.6 is 0 Å². The number of rotatable bonds is 6. The van der Waals surface area contributed by atoms with Crippen LogP contribution in [0.3, 0.4) is 0 Å². The number of carboxylic acids is 1. The molecular formula is C13H23NO5S. The zero-order valence-corrected chi connectivity index (χ0v) is 13.1. The minimum Gasteiger partial charge on any atom is -0.481 e. The summed E-state index contributed by atoms with van der Waals surface area (Å²) < 4.78 is 22.9. The molecule has 116 valence electrons. The second kappa shape index (κ2) is 6.11. The lowest BCUT2D eigenvalue weighted by Crippen LogP contribution is -2.42. The Morgan fingerprint density at radius 2 is 1.85 bits per heavy atom. The highest BCUT2D eigenvalue weighted by molar-refractivity contribution is 7.91. The third-order valence-electron chi connectivity index (χ3n) is 4.45. The van der Waals surface area contributed by atoms with Crippen LogP contribution in [0.25, 0.3) is 0 Å². The summed E-state index contributed by atoms with van der Waals surface area (Å²) >= 11 is 0. The smallest absolute Gasteiger partial charge is 0.310 e. The van der Waals surface area contributed by atoms with Gasteiger partial charge in [0.1, 0.15) is 0 Å². The van der Waals surface area contributed by atoms with Crippen LogP contribution in [0, 0.1) is 5.41 Å². The Morgan fingerprint density at radius 3 is 2.20 bits per heavy atom. The molecule has 0 aliphatic carbocycles. The SMILES string of the molecule is CCC(CC)(CC(=O)N(C)C1CCS(=O)(=O)C1)C(=O)O. The molecule has 0 bridgehead atoms. The van der Waals surface area contributed by atoms with E-state index in [0.29, 0.717) is 19.3 Å². The molecule has 0 aromatic heterocycles. The van der Waals surface area contributed by atoms with E-state index in [1.165, 1.54) is 4.90 Å². The molecule has 1 amide bonds. The Balaban J connectivity index is 2.77. The van der Waals surface area contributed by atoms with Crippen molar-refractivity contribution in [2.24, 2.45) is 5.41 Å². The molecule has 0 aromatic rings. The lowest BCUT2D eigenvalue weighted by Gasteiger charge is -2.30. The zero-order chi connectivity index (χ0) is 15.6. The largest absolute Gasteiger partial charge is 0.481 e. The highest BCUT2D eigenvalue weighted by atomic mass is 32.2. The highest BCUT2D eigenvalue weighted by Gasteiger charge is 2.40. The molecule has 0 saturated carbocycles. The zero-order valence-electron chi connectivity index (χ0n) is 12.3. The van der Waals surface area contributed by atoms with Gasteiger partial charge >= 0.3 is 5.97 Å². The third kappa shape index (κ3) is 3.50. The van der Waals surface area contributed by atoms with Gasteiger partial charge in [-0.15, -0.1) is 0 Å². The average Bonchev–Trinajstić information content (AvgIpc) is 2.74. The van der Waals surface area contributed by atoms with Crippen LogP contribution in [0.1, 0.15) is 39.5 Å². The third-order valence-corrected chi connectivity index (χ3v) is 6.20. The number of aliphatic carboxylic acids is 1. The molecule has 0 aromatic carbocycles. The van der Waals surface area contributed by atoms with Gasteiger partial charge in [-0.2, -0.15) is 0 Å². The van der Waals surface area contributed by atoms with E-state index >= 15 is 0 Å². The fourth-order valence-electron chi connectivity index (χ4n) is 2.58. The standard InChI is InChI=1S/C13H23NO5S/c1-4-13(5-2,12(16)17)8-11(15)14(3)10-6-7-20(18,19)9-10/h10H,4-9H2,1-3H3,(H,16,17). The highest BCUT2D eigenvalue weighted by Crippen LogP contribution is 2.32. The van der Waals surface area contributed by atoms with Crippen molar-refractivity contribution in [2.45, 2.75) is 45.6 Å². The van der Waals surface area contributed by atoms with Gasteiger partial charge in [-0.3, -0.25) is 9.59 Å². The molecule has 1 N–H and O–H groups in total. The van der Waals surface area contributed by atoms with Gasteiger partial charge in [0, 0.05) is 19.5 Å². The summed E-state index contributed by atoms with van der Waals surface area (Å²) in [5, 5.41) is 9.34. The predicted molar refractivity (Wildman–Crippen MR) is 75.1 cm³/mol. The van der Waals surface area contributed by atoms with E-state index in [1.807, 2.05) is 0 Å². The van der Waals surface area contributed by atoms with Gasteiger partial charge in [0.2, 0.25) is 5.91 Å².